The highest BCUT2D eigenvalue weighted by Crippen LogP contribution is 2.22. The Labute approximate surface area is 145 Å². The molecule has 2 aromatic rings. The fourth-order valence-electron chi connectivity index (χ4n) is 2.06. The van der Waals surface area contributed by atoms with Gasteiger partial charge in [-0.25, -0.2) is 5.43 Å². The van der Waals surface area contributed by atoms with Crippen LogP contribution < -0.4 is 10.2 Å². The summed E-state index contributed by atoms with van der Waals surface area (Å²) in [7, 11) is 1.51. The summed E-state index contributed by atoms with van der Waals surface area (Å²) in [5, 5.41) is 5.23. The van der Waals surface area contributed by atoms with E-state index in [9.17, 15) is 4.79 Å². The number of benzene rings is 2. The molecule has 0 atom stereocenters. The van der Waals surface area contributed by atoms with Gasteiger partial charge in [0.25, 0.3) is 5.91 Å². The number of nitrogens with zero attached hydrogens (tertiary/aromatic N) is 1. The zero-order chi connectivity index (χ0) is 16.8. The van der Waals surface area contributed by atoms with Crippen LogP contribution in [0.1, 0.15) is 29.3 Å². The Morgan fingerprint density at radius 1 is 1.17 bits per heavy atom. The summed E-state index contributed by atoms with van der Waals surface area (Å²) in [4.78, 5) is 12.3. The molecule has 0 saturated carbocycles. The predicted molar refractivity (Wildman–Crippen MR) is 93.8 cm³/mol. The van der Waals surface area contributed by atoms with Crippen LogP contribution in [0, 0.1) is 0 Å². The van der Waals surface area contributed by atoms with Crippen LogP contribution in [0.15, 0.2) is 47.6 Å². The molecular weight excluding hydrogens is 335 g/mol. The van der Waals surface area contributed by atoms with Crippen molar-refractivity contribution in [1.29, 1.82) is 0 Å². The fraction of sp³-hybridized carbons (Fsp3) is 0.176. The zero-order valence-electron chi connectivity index (χ0n) is 12.8. The quantitative estimate of drug-likeness (QED) is 0.635. The summed E-state index contributed by atoms with van der Waals surface area (Å²) < 4.78 is 5.17. The molecule has 0 radical (unpaired) electrons. The lowest BCUT2D eigenvalue weighted by Gasteiger charge is -2.09. The summed E-state index contributed by atoms with van der Waals surface area (Å²) in [5.74, 6) is 0.140. The van der Waals surface area contributed by atoms with Crippen molar-refractivity contribution in [1.82, 2.24) is 5.43 Å². The molecule has 0 heterocycles. The average molecular weight is 351 g/mol. The second-order valence-electron chi connectivity index (χ2n) is 4.68. The third kappa shape index (κ3) is 4.24. The fourth-order valence-corrected chi connectivity index (χ4v) is 2.58. The molecular formula is C17H16Cl2N2O2. The van der Waals surface area contributed by atoms with Gasteiger partial charge in [0.1, 0.15) is 5.75 Å². The molecule has 1 amide bonds. The zero-order valence-corrected chi connectivity index (χ0v) is 14.3. The van der Waals surface area contributed by atoms with Crippen LogP contribution in [0.25, 0.3) is 0 Å². The van der Waals surface area contributed by atoms with Gasteiger partial charge in [0.05, 0.1) is 23.4 Å². The highest BCUT2D eigenvalue weighted by Gasteiger charge is 2.12. The van der Waals surface area contributed by atoms with E-state index in [0.29, 0.717) is 33.5 Å². The molecule has 2 rings (SSSR count). The van der Waals surface area contributed by atoms with Gasteiger partial charge in [0.15, 0.2) is 0 Å². The molecule has 4 nitrogen and oxygen atoms in total. The van der Waals surface area contributed by atoms with Crippen molar-refractivity contribution in [2.24, 2.45) is 5.10 Å². The monoisotopic (exact) mass is 350 g/mol. The molecule has 23 heavy (non-hydrogen) atoms. The molecule has 0 saturated heterocycles. The lowest BCUT2D eigenvalue weighted by atomic mass is 10.1. The number of rotatable bonds is 5. The maximum atomic E-state index is 12.3. The molecule has 0 aliphatic carbocycles. The minimum Gasteiger partial charge on any atom is -0.496 e. The van der Waals surface area contributed by atoms with E-state index in [0.717, 1.165) is 5.56 Å². The normalized spacial score (nSPS) is 11.2. The van der Waals surface area contributed by atoms with E-state index in [1.54, 1.807) is 42.5 Å². The van der Waals surface area contributed by atoms with Crippen molar-refractivity contribution in [2.45, 2.75) is 13.3 Å². The predicted octanol–water partition coefficient (Wildman–Crippen LogP) is 4.55. The van der Waals surface area contributed by atoms with E-state index in [1.165, 1.54) is 7.11 Å². The summed E-state index contributed by atoms with van der Waals surface area (Å²) in [6.45, 7) is 1.93. The Bertz CT molecular complexity index is 745. The molecule has 0 aliphatic rings. The van der Waals surface area contributed by atoms with Crippen LogP contribution in [0.5, 0.6) is 5.75 Å². The van der Waals surface area contributed by atoms with Gasteiger partial charge in [0.2, 0.25) is 0 Å². The number of carbonyl (C=O) groups is 1. The highest BCUT2D eigenvalue weighted by atomic mass is 35.5. The number of ether oxygens (including phenoxy) is 1. The Morgan fingerprint density at radius 3 is 2.57 bits per heavy atom. The summed E-state index contributed by atoms with van der Waals surface area (Å²) in [5.41, 5.74) is 4.35. The van der Waals surface area contributed by atoms with Gasteiger partial charge in [-0.15, -0.1) is 0 Å². The molecule has 0 spiro atoms. The summed E-state index contributed by atoms with van der Waals surface area (Å²) in [6, 6.07) is 12.1. The number of hydrogen-bond acceptors (Lipinski definition) is 3. The number of carbonyl (C=O) groups excluding carboxylic acids is 1. The van der Waals surface area contributed by atoms with Crippen molar-refractivity contribution >= 4 is 34.8 Å². The standard InChI is InChI=1S/C17H16Cl2N2O2/c1-3-15(12-9-8-11(18)10-14(12)19)20-21-17(22)13-6-4-5-7-16(13)23-2/h4-10H,3H2,1-2H3,(H,21,22). The molecule has 0 unspecified atom stereocenters. The third-order valence-corrected chi connectivity index (χ3v) is 3.77. The second kappa shape index (κ2) is 7.99. The van der Waals surface area contributed by atoms with Crippen molar-refractivity contribution in [3.63, 3.8) is 0 Å². The first-order valence-electron chi connectivity index (χ1n) is 7.02. The SMILES string of the molecule is CCC(=NNC(=O)c1ccccc1OC)c1ccc(Cl)cc1Cl. The molecule has 6 heteroatoms. The number of methoxy groups -OCH3 is 1. The first kappa shape index (κ1) is 17.3. The number of nitrogens with one attached hydrogen (secondary N) is 1. The minimum atomic E-state index is -0.349. The van der Waals surface area contributed by atoms with E-state index in [-0.39, 0.29) is 5.91 Å². The Kier molecular flexibility index (Phi) is 6.02. The highest BCUT2D eigenvalue weighted by molar-refractivity contribution is 6.37. The van der Waals surface area contributed by atoms with Gasteiger partial charge in [-0.1, -0.05) is 48.3 Å². The third-order valence-electron chi connectivity index (χ3n) is 3.22. The van der Waals surface area contributed by atoms with Crippen molar-refractivity contribution in [3.8, 4) is 5.75 Å². The molecule has 0 bridgehead atoms. The van der Waals surface area contributed by atoms with Crippen LogP contribution in [-0.2, 0) is 0 Å². The largest absolute Gasteiger partial charge is 0.496 e. The molecule has 0 aromatic heterocycles. The number of para-hydroxylation sites is 1. The number of amides is 1. The average Bonchev–Trinajstić information content (AvgIpc) is 2.56. The van der Waals surface area contributed by atoms with Crippen LogP contribution in [0.2, 0.25) is 10.0 Å². The van der Waals surface area contributed by atoms with Gasteiger partial charge >= 0.3 is 0 Å². The molecule has 0 aliphatic heterocycles. The van der Waals surface area contributed by atoms with E-state index in [2.05, 4.69) is 10.5 Å². The van der Waals surface area contributed by atoms with E-state index >= 15 is 0 Å². The van der Waals surface area contributed by atoms with E-state index < -0.39 is 0 Å². The molecule has 120 valence electrons. The molecule has 1 N–H and O–H groups in total. The molecule has 0 fully saturated rings. The van der Waals surface area contributed by atoms with Gasteiger partial charge in [0, 0.05) is 10.6 Å². The maximum Gasteiger partial charge on any atom is 0.275 e. The topological polar surface area (TPSA) is 50.7 Å². The van der Waals surface area contributed by atoms with Crippen LogP contribution in [-0.4, -0.2) is 18.7 Å². The number of hydrazone groups is 1. The Hall–Kier alpha value is -2.04. The molecule has 2 aromatic carbocycles. The van der Waals surface area contributed by atoms with Gasteiger partial charge < -0.3 is 4.74 Å². The van der Waals surface area contributed by atoms with Gasteiger partial charge in [-0.3, -0.25) is 4.79 Å². The van der Waals surface area contributed by atoms with Crippen LogP contribution in [0.4, 0.5) is 0 Å². The Balaban J connectivity index is 2.24. The second-order valence-corrected chi connectivity index (χ2v) is 5.52. The lowest BCUT2D eigenvalue weighted by Crippen LogP contribution is -2.20. The van der Waals surface area contributed by atoms with Crippen molar-refractivity contribution < 1.29 is 9.53 Å². The lowest BCUT2D eigenvalue weighted by molar-refractivity contribution is 0.0952. The first-order valence-corrected chi connectivity index (χ1v) is 7.77. The van der Waals surface area contributed by atoms with Gasteiger partial charge in [-0.05, 0) is 30.7 Å². The van der Waals surface area contributed by atoms with E-state index in [4.69, 9.17) is 27.9 Å². The van der Waals surface area contributed by atoms with Crippen LogP contribution in [0.3, 0.4) is 0 Å². The summed E-state index contributed by atoms with van der Waals surface area (Å²) in [6.07, 6.45) is 0.605. The van der Waals surface area contributed by atoms with Gasteiger partial charge in [-0.2, -0.15) is 5.10 Å². The van der Waals surface area contributed by atoms with Crippen molar-refractivity contribution in [2.75, 3.05) is 7.11 Å². The van der Waals surface area contributed by atoms with E-state index in [1.807, 2.05) is 6.92 Å². The maximum absolute atomic E-state index is 12.3. The van der Waals surface area contributed by atoms with Crippen molar-refractivity contribution in [3.05, 3.63) is 63.6 Å². The smallest absolute Gasteiger partial charge is 0.275 e. The first-order chi connectivity index (χ1) is 11.1. The number of hydrogen-bond donors (Lipinski definition) is 1. The summed E-state index contributed by atoms with van der Waals surface area (Å²) >= 11 is 12.1. The number of halogens is 2. The minimum absolute atomic E-state index is 0.349. The Morgan fingerprint density at radius 2 is 1.91 bits per heavy atom. The van der Waals surface area contributed by atoms with Crippen LogP contribution >= 0.6 is 23.2 Å².